The van der Waals surface area contributed by atoms with Crippen molar-refractivity contribution in [3.63, 3.8) is 0 Å². The lowest BCUT2D eigenvalue weighted by molar-refractivity contribution is -0.130. The van der Waals surface area contributed by atoms with Crippen LogP contribution < -0.4 is 4.90 Å². The van der Waals surface area contributed by atoms with E-state index in [0.717, 1.165) is 25.1 Å². The molecule has 1 atom stereocenters. The maximum atomic E-state index is 11.9. The molecule has 124 valence electrons. The van der Waals surface area contributed by atoms with Gasteiger partial charge in [-0.05, 0) is 26.7 Å². The molecule has 0 saturated carbocycles. The van der Waals surface area contributed by atoms with Gasteiger partial charge in [0.1, 0.15) is 6.61 Å². The molecule has 1 aromatic heterocycles. The average molecular weight is 318 g/mol. The number of amides is 2. The number of nitrogens with zero attached hydrogens (tertiary/aromatic N) is 4. The second kappa shape index (κ2) is 5.79. The Morgan fingerprint density at radius 2 is 2.13 bits per heavy atom. The molecule has 7 nitrogen and oxygen atoms in total. The minimum Gasteiger partial charge on any atom is -0.447 e. The Morgan fingerprint density at radius 3 is 2.70 bits per heavy atom. The predicted octanol–water partition coefficient (Wildman–Crippen LogP) is 1.94. The number of hydrogen-bond acceptors (Lipinski definition) is 5. The Balaban J connectivity index is 1.77. The van der Waals surface area contributed by atoms with Gasteiger partial charge in [-0.3, -0.25) is 14.7 Å². The average Bonchev–Trinajstić information content (AvgIpc) is 2.81. The number of cyclic esters (lactones) is 1. The summed E-state index contributed by atoms with van der Waals surface area (Å²) in [7, 11) is 0. The van der Waals surface area contributed by atoms with Crippen LogP contribution in [0.1, 0.15) is 45.2 Å². The van der Waals surface area contributed by atoms with E-state index < -0.39 is 11.6 Å². The van der Waals surface area contributed by atoms with Crippen LogP contribution in [-0.4, -0.2) is 52.1 Å². The van der Waals surface area contributed by atoms with Crippen LogP contribution >= 0.6 is 0 Å². The van der Waals surface area contributed by atoms with Crippen LogP contribution in [0, 0.1) is 0 Å². The van der Waals surface area contributed by atoms with E-state index in [1.165, 1.54) is 4.90 Å². The Kier molecular flexibility index (Phi) is 3.95. The summed E-state index contributed by atoms with van der Waals surface area (Å²) in [6, 6.07) is 0. The van der Waals surface area contributed by atoms with Crippen molar-refractivity contribution in [1.29, 1.82) is 0 Å². The number of ether oxygens (including phenoxy) is 1. The van der Waals surface area contributed by atoms with Crippen LogP contribution in [0.5, 0.6) is 0 Å². The first-order valence-electron chi connectivity index (χ1n) is 7.93. The van der Waals surface area contributed by atoms with E-state index in [1.807, 2.05) is 18.7 Å². The van der Waals surface area contributed by atoms with Crippen molar-refractivity contribution in [3.8, 4) is 0 Å². The Hall–Kier alpha value is -2.18. The van der Waals surface area contributed by atoms with Crippen molar-refractivity contribution in [2.75, 3.05) is 24.6 Å². The molecular formula is C16H22N4O3. The maximum absolute atomic E-state index is 11.9. The summed E-state index contributed by atoms with van der Waals surface area (Å²) in [4.78, 5) is 35.7. The zero-order valence-electron chi connectivity index (χ0n) is 13.8. The number of carbonyl (C=O) groups excluding carboxylic acids is 2. The molecule has 2 aliphatic rings. The van der Waals surface area contributed by atoms with Crippen LogP contribution in [0.4, 0.5) is 10.6 Å². The molecule has 1 aromatic rings. The van der Waals surface area contributed by atoms with Gasteiger partial charge in [0.15, 0.2) is 5.82 Å². The molecule has 0 aromatic carbocycles. The molecule has 3 heterocycles. The second-order valence-electron chi connectivity index (χ2n) is 6.81. The minimum atomic E-state index is -0.427. The number of aromatic nitrogens is 2. The summed E-state index contributed by atoms with van der Waals surface area (Å²) in [5.41, 5.74) is 0.439. The molecule has 3 rings (SSSR count). The van der Waals surface area contributed by atoms with Crippen LogP contribution in [0.25, 0.3) is 0 Å². The van der Waals surface area contributed by atoms with Gasteiger partial charge in [-0.1, -0.05) is 0 Å². The molecule has 0 radical (unpaired) electrons. The van der Waals surface area contributed by atoms with E-state index in [1.54, 1.807) is 19.3 Å². The van der Waals surface area contributed by atoms with E-state index >= 15 is 0 Å². The molecular weight excluding hydrogens is 296 g/mol. The highest BCUT2D eigenvalue weighted by Crippen LogP contribution is 2.30. The number of anilines is 1. The van der Waals surface area contributed by atoms with Crippen LogP contribution in [-0.2, 0) is 9.53 Å². The predicted molar refractivity (Wildman–Crippen MR) is 84.2 cm³/mol. The first-order valence-corrected chi connectivity index (χ1v) is 7.93. The van der Waals surface area contributed by atoms with E-state index in [4.69, 9.17) is 4.74 Å². The Morgan fingerprint density at radius 1 is 1.35 bits per heavy atom. The van der Waals surface area contributed by atoms with Crippen molar-refractivity contribution < 1.29 is 14.3 Å². The van der Waals surface area contributed by atoms with Gasteiger partial charge in [-0.25, -0.2) is 9.78 Å². The van der Waals surface area contributed by atoms with Gasteiger partial charge in [-0.2, -0.15) is 0 Å². The van der Waals surface area contributed by atoms with Gasteiger partial charge in [0.2, 0.25) is 5.91 Å². The molecule has 0 spiro atoms. The molecule has 0 N–H and O–H groups in total. The molecule has 23 heavy (non-hydrogen) atoms. The number of piperidine rings is 1. The summed E-state index contributed by atoms with van der Waals surface area (Å²) < 4.78 is 5.10. The quantitative estimate of drug-likeness (QED) is 0.833. The van der Waals surface area contributed by atoms with Crippen molar-refractivity contribution in [1.82, 2.24) is 14.9 Å². The third-order valence-corrected chi connectivity index (χ3v) is 4.51. The fourth-order valence-electron chi connectivity index (χ4n) is 3.18. The minimum absolute atomic E-state index is 0.0980. The van der Waals surface area contributed by atoms with Crippen molar-refractivity contribution >= 4 is 17.8 Å². The van der Waals surface area contributed by atoms with Crippen molar-refractivity contribution in [2.45, 2.75) is 45.1 Å². The fraction of sp³-hybridized carbons (Fsp3) is 0.625. The fourth-order valence-corrected chi connectivity index (χ4v) is 3.18. The van der Waals surface area contributed by atoms with E-state index in [2.05, 4.69) is 9.97 Å². The zero-order chi connectivity index (χ0) is 16.6. The van der Waals surface area contributed by atoms with Gasteiger partial charge in [-0.15, -0.1) is 0 Å². The third kappa shape index (κ3) is 3.00. The lowest BCUT2D eigenvalue weighted by Crippen LogP contribution is -2.42. The lowest BCUT2D eigenvalue weighted by atomic mass is 9.95. The van der Waals surface area contributed by atoms with Gasteiger partial charge < -0.3 is 9.64 Å². The molecule has 1 unspecified atom stereocenters. The molecule has 0 aliphatic carbocycles. The Labute approximate surface area is 135 Å². The third-order valence-electron chi connectivity index (χ3n) is 4.51. The SMILES string of the molecule is CC(=O)N1CCCC(c2cnc(N3C(=O)OCC3(C)C)cn2)C1. The highest BCUT2D eigenvalue weighted by molar-refractivity contribution is 5.89. The van der Waals surface area contributed by atoms with E-state index in [0.29, 0.717) is 19.0 Å². The number of carbonyl (C=O) groups is 2. The number of rotatable bonds is 2. The monoisotopic (exact) mass is 318 g/mol. The van der Waals surface area contributed by atoms with E-state index in [9.17, 15) is 9.59 Å². The highest BCUT2D eigenvalue weighted by Gasteiger charge is 2.42. The lowest BCUT2D eigenvalue weighted by Gasteiger charge is -2.32. The van der Waals surface area contributed by atoms with Crippen molar-refractivity contribution in [2.24, 2.45) is 0 Å². The normalized spacial score (nSPS) is 23.8. The standard InChI is InChI=1S/C16H22N4O3/c1-11(21)19-6-4-5-12(9-19)13-7-18-14(8-17-13)20-15(22)23-10-16(20,2)3/h7-8,12H,4-6,9-10H2,1-3H3. The van der Waals surface area contributed by atoms with Crippen molar-refractivity contribution in [3.05, 3.63) is 18.1 Å². The largest absolute Gasteiger partial charge is 0.447 e. The summed E-state index contributed by atoms with van der Waals surface area (Å²) >= 11 is 0. The van der Waals surface area contributed by atoms with Gasteiger partial charge in [0.25, 0.3) is 0 Å². The molecule has 7 heteroatoms. The zero-order valence-corrected chi connectivity index (χ0v) is 13.8. The van der Waals surface area contributed by atoms with Gasteiger partial charge >= 0.3 is 6.09 Å². The first kappa shape index (κ1) is 15.7. The molecule has 2 amide bonds. The highest BCUT2D eigenvalue weighted by atomic mass is 16.6. The summed E-state index contributed by atoms with van der Waals surface area (Å²) in [5.74, 6) is 0.800. The summed E-state index contributed by atoms with van der Waals surface area (Å²) in [5, 5.41) is 0. The molecule has 2 aliphatic heterocycles. The van der Waals surface area contributed by atoms with E-state index in [-0.39, 0.29) is 11.8 Å². The maximum Gasteiger partial charge on any atom is 0.416 e. The first-order chi connectivity index (χ1) is 10.9. The molecule has 2 saturated heterocycles. The molecule has 2 fully saturated rings. The number of likely N-dealkylation sites (tertiary alicyclic amines) is 1. The van der Waals surface area contributed by atoms with Gasteiger partial charge in [0.05, 0.1) is 23.6 Å². The second-order valence-corrected chi connectivity index (χ2v) is 6.81. The smallest absolute Gasteiger partial charge is 0.416 e. The van der Waals surface area contributed by atoms with Crippen LogP contribution in [0.3, 0.4) is 0 Å². The Bertz CT molecular complexity index is 614. The van der Waals surface area contributed by atoms with Crippen LogP contribution in [0.2, 0.25) is 0 Å². The van der Waals surface area contributed by atoms with Crippen LogP contribution in [0.15, 0.2) is 12.4 Å². The van der Waals surface area contributed by atoms with Gasteiger partial charge in [0, 0.05) is 25.9 Å². The topological polar surface area (TPSA) is 75.6 Å². The molecule has 0 bridgehead atoms. The number of hydrogen-bond donors (Lipinski definition) is 0. The summed E-state index contributed by atoms with van der Waals surface area (Å²) in [6.45, 7) is 7.29. The summed E-state index contributed by atoms with van der Waals surface area (Å²) in [6.07, 6.45) is 4.91.